The fraction of sp³-hybridized carbons (Fsp3) is 0.381. The Balaban J connectivity index is 2.79. The number of benzene rings is 2. The molecule has 1 unspecified atom stereocenters. The predicted octanol–water partition coefficient (Wildman–Crippen LogP) is 5.04. The van der Waals surface area contributed by atoms with Crippen molar-refractivity contribution < 1.29 is 30.6 Å². The van der Waals surface area contributed by atoms with Crippen LogP contribution in [0.25, 0.3) is 0 Å². The molecule has 0 radical (unpaired) electrons. The summed E-state index contributed by atoms with van der Waals surface area (Å²) in [6.45, 7) is 6.80. The van der Waals surface area contributed by atoms with Crippen molar-refractivity contribution in [3.63, 3.8) is 0 Å². The number of carbonyl (C=O) groups is 1. The fourth-order valence-electron chi connectivity index (χ4n) is 3.36. The van der Waals surface area contributed by atoms with E-state index in [1.165, 1.54) is 36.4 Å². The number of ketones is 1. The maximum Gasteiger partial charge on any atom is 0.402 e. The Morgan fingerprint density at radius 3 is 1.97 bits per heavy atom. The van der Waals surface area contributed by atoms with Gasteiger partial charge in [-0.3, -0.25) is 4.79 Å². The molecule has 0 saturated heterocycles. The third kappa shape index (κ3) is 5.40. The Morgan fingerprint density at radius 2 is 1.53 bits per heavy atom. The van der Waals surface area contributed by atoms with E-state index in [0.717, 1.165) is 0 Å². The van der Waals surface area contributed by atoms with Crippen molar-refractivity contribution >= 4 is 16.1 Å². The first-order valence-electron chi connectivity index (χ1n) is 9.29. The molecule has 0 saturated carbocycles. The summed E-state index contributed by atoms with van der Waals surface area (Å²) < 4.78 is 69.9. The quantitative estimate of drug-likeness (QED) is 0.607. The highest BCUT2D eigenvalue weighted by atomic mass is 32.2. The minimum Gasteiger partial charge on any atom is -0.370 e. The number of Topliss-reactive ketones (excluding diaryl/α,β-unsaturated/α-hetero) is 1. The van der Waals surface area contributed by atoms with E-state index < -0.39 is 34.1 Å². The predicted molar refractivity (Wildman–Crippen MR) is 108 cm³/mol. The van der Waals surface area contributed by atoms with Crippen LogP contribution in [-0.2, 0) is 10.3 Å². The van der Waals surface area contributed by atoms with E-state index >= 15 is 0 Å². The first kappa shape index (κ1) is 23.9. The zero-order chi connectivity index (χ0) is 22.9. The van der Waals surface area contributed by atoms with Gasteiger partial charge in [0.05, 0.1) is 0 Å². The first-order valence-corrected chi connectivity index (χ1v) is 10.8. The second kappa shape index (κ2) is 8.77. The molecule has 0 spiro atoms. The molecule has 0 aliphatic carbocycles. The summed E-state index contributed by atoms with van der Waals surface area (Å²) in [4.78, 5) is 13.2. The van der Waals surface area contributed by atoms with Gasteiger partial charge in [0.25, 0.3) is 0 Å². The highest BCUT2D eigenvalue weighted by molar-refractivity contribution is 7.84. The lowest BCUT2D eigenvalue weighted by Gasteiger charge is -2.25. The zero-order valence-electron chi connectivity index (χ0n) is 17.0. The molecule has 2 aromatic carbocycles. The average molecular weight is 443 g/mol. The van der Waals surface area contributed by atoms with Gasteiger partial charge in [0.2, 0.25) is 0 Å². The molecule has 0 bridgehead atoms. The van der Waals surface area contributed by atoms with Gasteiger partial charge in [0.1, 0.15) is 5.92 Å². The lowest BCUT2D eigenvalue weighted by atomic mass is 9.83. The van der Waals surface area contributed by atoms with E-state index in [9.17, 15) is 26.4 Å². The molecule has 2 N–H and O–H groups in total. The number of hydrogen-bond acceptors (Lipinski definition) is 4. The van der Waals surface area contributed by atoms with Gasteiger partial charge < -0.3 is 4.18 Å². The van der Waals surface area contributed by atoms with Crippen molar-refractivity contribution in [2.24, 2.45) is 5.14 Å². The maximum atomic E-state index is 13.9. The summed E-state index contributed by atoms with van der Waals surface area (Å²) in [5, 5.41) is 5.04. The van der Waals surface area contributed by atoms with Crippen molar-refractivity contribution in [2.75, 3.05) is 0 Å². The third-order valence-corrected chi connectivity index (χ3v) is 5.01. The topological polar surface area (TPSA) is 86.5 Å². The van der Waals surface area contributed by atoms with Crippen LogP contribution in [0.3, 0.4) is 0 Å². The number of alkyl halides is 3. The van der Waals surface area contributed by atoms with Crippen LogP contribution < -0.4 is 9.32 Å². The van der Waals surface area contributed by atoms with Crippen molar-refractivity contribution in [3.8, 4) is 5.75 Å². The van der Waals surface area contributed by atoms with Crippen molar-refractivity contribution in [1.29, 1.82) is 0 Å². The van der Waals surface area contributed by atoms with Gasteiger partial charge >= 0.3 is 16.5 Å². The highest BCUT2D eigenvalue weighted by Gasteiger charge is 2.47. The molecule has 0 heterocycles. The van der Waals surface area contributed by atoms with Crippen molar-refractivity contribution in [2.45, 2.75) is 51.6 Å². The molecule has 0 aromatic heterocycles. The molecule has 0 amide bonds. The smallest absolute Gasteiger partial charge is 0.370 e. The summed E-state index contributed by atoms with van der Waals surface area (Å²) in [5.74, 6) is -4.52. The van der Waals surface area contributed by atoms with Gasteiger partial charge in [-0.05, 0) is 23.0 Å². The molecule has 1 atom stereocenters. The molecule has 2 aromatic rings. The Bertz CT molecular complexity index is 1020. The van der Waals surface area contributed by atoms with Crippen LogP contribution in [0.1, 0.15) is 72.5 Å². The first-order chi connectivity index (χ1) is 13.7. The Hall–Kier alpha value is -2.39. The SMILES string of the molecule is CC(C)c1ccc(C(=O)C(c2ccccc2)C(F)(F)F)c(C(C)C)c1OS(N)(=O)=O. The molecule has 5 nitrogen and oxygen atoms in total. The fourth-order valence-corrected chi connectivity index (χ4v) is 3.78. The largest absolute Gasteiger partial charge is 0.402 e. The number of rotatable bonds is 7. The number of nitrogens with two attached hydrogens (primary N) is 1. The van der Waals surface area contributed by atoms with Crippen LogP contribution in [0.4, 0.5) is 13.2 Å². The van der Waals surface area contributed by atoms with Crippen LogP contribution in [0.2, 0.25) is 0 Å². The molecule has 0 aliphatic heterocycles. The van der Waals surface area contributed by atoms with Crippen LogP contribution in [0, 0.1) is 0 Å². The molecule has 30 heavy (non-hydrogen) atoms. The molecule has 0 aliphatic rings. The molecular formula is C21H24F3NO4S. The Kier molecular flexibility index (Phi) is 6.98. The second-order valence-electron chi connectivity index (χ2n) is 7.58. The number of hydrogen-bond donors (Lipinski definition) is 1. The lowest BCUT2D eigenvalue weighted by molar-refractivity contribution is -0.139. The van der Waals surface area contributed by atoms with Gasteiger partial charge in [-0.25, -0.2) is 0 Å². The summed E-state index contributed by atoms with van der Waals surface area (Å²) >= 11 is 0. The Labute approximate surface area is 174 Å². The number of halogens is 3. The monoisotopic (exact) mass is 443 g/mol. The van der Waals surface area contributed by atoms with Crippen molar-refractivity contribution in [3.05, 3.63) is 64.7 Å². The highest BCUT2D eigenvalue weighted by Crippen LogP contribution is 2.43. The molecule has 9 heteroatoms. The molecule has 0 fully saturated rings. The van der Waals surface area contributed by atoms with Crippen LogP contribution in [-0.4, -0.2) is 20.4 Å². The van der Waals surface area contributed by atoms with Crippen LogP contribution in [0.15, 0.2) is 42.5 Å². The minimum absolute atomic E-state index is 0.0745. The van der Waals surface area contributed by atoms with Gasteiger partial charge in [-0.2, -0.15) is 26.7 Å². The van der Waals surface area contributed by atoms with Crippen LogP contribution in [0.5, 0.6) is 5.75 Å². The zero-order valence-corrected chi connectivity index (χ0v) is 17.8. The second-order valence-corrected chi connectivity index (χ2v) is 8.73. The summed E-state index contributed by atoms with van der Waals surface area (Å²) in [5.41, 5.74) is 0.0451. The maximum absolute atomic E-state index is 13.9. The van der Waals surface area contributed by atoms with Crippen molar-refractivity contribution in [1.82, 2.24) is 0 Å². The van der Waals surface area contributed by atoms with E-state index in [2.05, 4.69) is 0 Å². The Morgan fingerprint density at radius 1 is 0.967 bits per heavy atom. The van der Waals surface area contributed by atoms with E-state index in [1.54, 1.807) is 33.8 Å². The average Bonchev–Trinajstić information content (AvgIpc) is 2.59. The van der Waals surface area contributed by atoms with Gasteiger partial charge in [0.15, 0.2) is 11.5 Å². The van der Waals surface area contributed by atoms with Gasteiger partial charge in [-0.1, -0.05) is 70.2 Å². The third-order valence-electron chi connectivity index (χ3n) is 4.61. The van der Waals surface area contributed by atoms with E-state index in [-0.39, 0.29) is 28.4 Å². The molecule has 164 valence electrons. The minimum atomic E-state index is -4.84. The van der Waals surface area contributed by atoms with E-state index in [4.69, 9.17) is 9.32 Å². The molecular weight excluding hydrogens is 419 g/mol. The van der Waals surface area contributed by atoms with Gasteiger partial charge in [0, 0.05) is 11.1 Å². The van der Waals surface area contributed by atoms with E-state index in [1.807, 2.05) is 0 Å². The molecule has 2 rings (SSSR count). The standard InChI is InChI=1S/C21H24F3NO4S/c1-12(2)15-10-11-16(17(13(3)4)20(15)29-30(25,27)28)19(26)18(21(22,23)24)14-8-6-5-7-9-14/h5-13,18H,1-4H3,(H2,25,27,28). The van der Waals surface area contributed by atoms with E-state index in [0.29, 0.717) is 5.56 Å². The number of carbonyl (C=O) groups excluding carboxylic acids is 1. The van der Waals surface area contributed by atoms with Gasteiger partial charge in [-0.15, -0.1) is 0 Å². The lowest BCUT2D eigenvalue weighted by Crippen LogP contribution is -2.30. The summed E-state index contributed by atoms with van der Waals surface area (Å²) in [6, 6.07) is 9.55. The van der Waals surface area contributed by atoms with Crippen LogP contribution >= 0.6 is 0 Å². The summed E-state index contributed by atoms with van der Waals surface area (Å²) in [7, 11) is -4.47. The normalized spacial score (nSPS) is 13.5. The summed E-state index contributed by atoms with van der Waals surface area (Å²) in [6.07, 6.45) is -4.84.